The molecule has 0 bridgehead atoms. The Morgan fingerprint density at radius 1 is 1.14 bits per heavy atom. The zero-order chi connectivity index (χ0) is 15.8. The molecule has 108 valence electrons. The van der Waals surface area contributed by atoms with E-state index in [1.54, 1.807) is 48.8 Å². The Balaban J connectivity index is 2.06. The fraction of sp³-hybridized carbons (Fsp3) is 0.0588. The molecular formula is C17H13N3O2. The Kier molecular flexibility index (Phi) is 5.16. The molecule has 0 aliphatic heterocycles. The summed E-state index contributed by atoms with van der Waals surface area (Å²) in [5, 5.41) is 8.66. The van der Waals surface area contributed by atoms with Gasteiger partial charge in [0.05, 0.1) is 0 Å². The van der Waals surface area contributed by atoms with E-state index >= 15 is 0 Å². The SMILES string of the molecule is CC=CC=CC(=O)Oc1ccc(-c2cnc(C#N)nc2)cc1. The molecule has 5 heteroatoms. The van der Waals surface area contributed by atoms with Gasteiger partial charge in [0.1, 0.15) is 11.8 Å². The van der Waals surface area contributed by atoms with Crippen LogP contribution in [0.4, 0.5) is 0 Å². The molecule has 1 heterocycles. The second-order valence-electron chi connectivity index (χ2n) is 4.24. The molecule has 2 aromatic rings. The van der Waals surface area contributed by atoms with Gasteiger partial charge in [-0.25, -0.2) is 14.8 Å². The molecule has 0 amide bonds. The third-order valence-electron chi connectivity index (χ3n) is 2.69. The molecule has 0 saturated carbocycles. The number of hydrogen-bond donors (Lipinski definition) is 0. The van der Waals surface area contributed by atoms with Crippen LogP contribution in [0.15, 0.2) is 61.0 Å². The number of carbonyl (C=O) groups is 1. The van der Waals surface area contributed by atoms with E-state index in [0.29, 0.717) is 5.75 Å². The van der Waals surface area contributed by atoms with Crippen LogP contribution < -0.4 is 4.74 Å². The van der Waals surface area contributed by atoms with E-state index in [2.05, 4.69) is 9.97 Å². The van der Waals surface area contributed by atoms with Crippen LogP contribution in [-0.4, -0.2) is 15.9 Å². The van der Waals surface area contributed by atoms with Gasteiger partial charge in [0.2, 0.25) is 5.82 Å². The minimum atomic E-state index is -0.437. The van der Waals surface area contributed by atoms with E-state index < -0.39 is 5.97 Å². The molecule has 22 heavy (non-hydrogen) atoms. The van der Waals surface area contributed by atoms with Crippen LogP contribution in [0.2, 0.25) is 0 Å². The highest BCUT2D eigenvalue weighted by Crippen LogP contribution is 2.21. The first kappa shape index (κ1) is 15.1. The lowest BCUT2D eigenvalue weighted by Crippen LogP contribution is -2.03. The van der Waals surface area contributed by atoms with E-state index in [0.717, 1.165) is 11.1 Å². The summed E-state index contributed by atoms with van der Waals surface area (Å²) in [6.07, 6.45) is 9.68. The summed E-state index contributed by atoms with van der Waals surface area (Å²) in [5.74, 6) is 0.142. The number of hydrogen-bond acceptors (Lipinski definition) is 5. The van der Waals surface area contributed by atoms with E-state index in [1.165, 1.54) is 6.08 Å². The molecule has 5 nitrogen and oxygen atoms in total. The van der Waals surface area contributed by atoms with E-state index in [4.69, 9.17) is 10.00 Å². The molecule has 2 rings (SSSR count). The Morgan fingerprint density at radius 3 is 2.41 bits per heavy atom. The van der Waals surface area contributed by atoms with Crippen molar-refractivity contribution >= 4 is 5.97 Å². The van der Waals surface area contributed by atoms with Crippen molar-refractivity contribution in [3.05, 3.63) is 66.8 Å². The topological polar surface area (TPSA) is 75.9 Å². The molecule has 1 aromatic heterocycles. The van der Waals surface area contributed by atoms with Gasteiger partial charge in [-0.1, -0.05) is 30.4 Å². The maximum absolute atomic E-state index is 11.5. The average molecular weight is 291 g/mol. The highest BCUT2D eigenvalue weighted by atomic mass is 16.5. The van der Waals surface area contributed by atoms with Crippen molar-refractivity contribution < 1.29 is 9.53 Å². The van der Waals surface area contributed by atoms with Crippen LogP contribution in [-0.2, 0) is 4.79 Å². The zero-order valence-corrected chi connectivity index (χ0v) is 11.9. The normalized spacial score (nSPS) is 10.7. The lowest BCUT2D eigenvalue weighted by Gasteiger charge is -2.04. The van der Waals surface area contributed by atoms with Gasteiger partial charge in [0.15, 0.2) is 0 Å². The number of carbonyl (C=O) groups excluding carboxylic acids is 1. The Labute approximate surface area is 128 Å². The van der Waals surface area contributed by atoms with Crippen molar-refractivity contribution in [2.45, 2.75) is 6.92 Å². The summed E-state index contributed by atoms with van der Waals surface area (Å²) in [5.41, 5.74) is 1.65. The van der Waals surface area contributed by atoms with Gasteiger partial charge in [0.25, 0.3) is 0 Å². The number of nitriles is 1. The minimum absolute atomic E-state index is 0.127. The van der Waals surface area contributed by atoms with E-state index in [1.807, 2.05) is 19.1 Å². The number of aromatic nitrogens is 2. The molecule has 0 aliphatic rings. The quantitative estimate of drug-likeness (QED) is 0.374. The second kappa shape index (κ2) is 7.50. The van der Waals surface area contributed by atoms with E-state index in [9.17, 15) is 4.79 Å². The Morgan fingerprint density at radius 2 is 1.82 bits per heavy atom. The summed E-state index contributed by atoms with van der Waals surface area (Å²) < 4.78 is 5.15. The Hall–Kier alpha value is -3.26. The monoisotopic (exact) mass is 291 g/mol. The lowest BCUT2D eigenvalue weighted by atomic mass is 10.1. The number of allylic oxidation sites excluding steroid dienone is 3. The zero-order valence-electron chi connectivity index (χ0n) is 11.9. The average Bonchev–Trinajstić information content (AvgIpc) is 2.56. The predicted molar refractivity (Wildman–Crippen MR) is 81.8 cm³/mol. The van der Waals surface area contributed by atoms with Crippen molar-refractivity contribution in [1.82, 2.24) is 9.97 Å². The third kappa shape index (κ3) is 4.12. The van der Waals surface area contributed by atoms with Gasteiger partial charge in [-0.2, -0.15) is 5.26 Å². The van der Waals surface area contributed by atoms with Gasteiger partial charge >= 0.3 is 5.97 Å². The molecule has 0 aliphatic carbocycles. The highest BCUT2D eigenvalue weighted by Gasteiger charge is 2.03. The number of ether oxygens (including phenoxy) is 1. The summed E-state index contributed by atoms with van der Waals surface area (Å²) in [7, 11) is 0. The molecule has 0 N–H and O–H groups in total. The summed E-state index contributed by atoms with van der Waals surface area (Å²) in [6.45, 7) is 1.86. The third-order valence-corrected chi connectivity index (χ3v) is 2.69. The first-order chi connectivity index (χ1) is 10.7. The molecule has 0 spiro atoms. The standard InChI is InChI=1S/C17H13N3O2/c1-2-3-4-5-17(21)22-15-8-6-13(7-9-15)14-11-19-16(10-18)20-12-14/h2-9,11-12H,1H3. The van der Waals surface area contributed by atoms with Crippen LogP contribution in [0.5, 0.6) is 5.75 Å². The second-order valence-corrected chi connectivity index (χ2v) is 4.24. The molecular weight excluding hydrogens is 278 g/mol. The first-order valence-corrected chi connectivity index (χ1v) is 6.56. The van der Waals surface area contributed by atoms with Gasteiger partial charge < -0.3 is 4.74 Å². The van der Waals surface area contributed by atoms with Crippen LogP contribution in [0.25, 0.3) is 11.1 Å². The molecule has 0 unspecified atom stereocenters. The molecule has 0 radical (unpaired) electrons. The highest BCUT2D eigenvalue weighted by molar-refractivity contribution is 5.84. The van der Waals surface area contributed by atoms with Crippen molar-refractivity contribution in [2.75, 3.05) is 0 Å². The fourth-order valence-electron chi connectivity index (χ4n) is 1.65. The summed E-state index contributed by atoms with van der Waals surface area (Å²) in [6, 6.07) is 8.83. The fourth-order valence-corrected chi connectivity index (χ4v) is 1.65. The van der Waals surface area contributed by atoms with Gasteiger partial charge in [-0.05, 0) is 24.6 Å². The number of rotatable bonds is 4. The maximum atomic E-state index is 11.5. The number of esters is 1. The van der Waals surface area contributed by atoms with Gasteiger partial charge in [-0.15, -0.1) is 0 Å². The predicted octanol–water partition coefficient (Wildman–Crippen LogP) is 3.05. The first-order valence-electron chi connectivity index (χ1n) is 6.56. The summed E-state index contributed by atoms with van der Waals surface area (Å²) in [4.78, 5) is 19.3. The van der Waals surface area contributed by atoms with Crippen molar-refractivity contribution in [2.24, 2.45) is 0 Å². The van der Waals surface area contributed by atoms with Crippen LogP contribution >= 0.6 is 0 Å². The van der Waals surface area contributed by atoms with Crippen molar-refractivity contribution in [3.63, 3.8) is 0 Å². The van der Waals surface area contributed by atoms with E-state index in [-0.39, 0.29) is 5.82 Å². The molecule has 0 saturated heterocycles. The van der Waals surface area contributed by atoms with Crippen LogP contribution in [0.1, 0.15) is 12.7 Å². The van der Waals surface area contributed by atoms with Crippen LogP contribution in [0, 0.1) is 11.3 Å². The van der Waals surface area contributed by atoms with Crippen molar-refractivity contribution in [3.8, 4) is 22.9 Å². The smallest absolute Gasteiger partial charge is 0.336 e. The largest absolute Gasteiger partial charge is 0.423 e. The summed E-state index contributed by atoms with van der Waals surface area (Å²) >= 11 is 0. The van der Waals surface area contributed by atoms with Crippen molar-refractivity contribution in [1.29, 1.82) is 5.26 Å². The molecule has 1 aromatic carbocycles. The van der Waals surface area contributed by atoms with Crippen LogP contribution in [0.3, 0.4) is 0 Å². The molecule has 0 atom stereocenters. The number of benzene rings is 1. The Bertz CT molecular complexity index is 739. The minimum Gasteiger partial charge on any atom is -0.423 e. The molecule has 0 fully saturated rings. The lowest BCUT2D eigenvalue weighted by molar-refractivity contribution is -0.128. The van der Waals surface area contributed by atoms with Gasteiger partial charge in [-0.3, -0.25) is 0 Å². The number of nitrogens with zero attached hydrogens (tertiary/aromatic N) is 3. The van der Waals surface area contributed by atoms with Gasteiger partial charge in [0, 0.05) is 24.0 Å². The maximum Gasteiger partial charge on any atom is 0.336 e.